The standard InChI is InChI=1S/C19H18FN5O2/c1-12-5-13(7-21)8-23-18(12)15(26)6-14-3-2-4-16(24-14)19(10-20)11-27-9-17(22)25-19/h2-5,8H,6,9-11H2,1H3,(H2,22,25). The molecule has 0 saturated heterocycles. The predicted octanol–water partition coefficient (Wildman–Crippen LogP) is 1.63. The summed E-state index contributed by atoms with van der Waals surface area (Å²) in [5, 5.41) is 8.90. The van der Waals surface area contributed by atoms with Crippen LogP contribution in [-0.4, -0.2) is 41.5 Å². The van der Waals surface area contributed by atoms with Crippen LogP contribution in [0.25, 0.3) is 0 Å². The smallest absolute Gasteiger partial charge is 0.187 e. The second-order valence-electron chi connectivity index (χ2n) is 6.38. The number of hydrogen-bond donors (Lipinski definition) is 1. The molecule has 0 aliphatic carbocycles. The quantitative estimate of drug-likeness (QED) is 0.804. The highest BCUT2D eigenvalue weighted by Gasteiger charge is 2.37. The van der Waals surface area contributed by atoms with E-state index in [-0.39, 0.29) is 36.9 Å². The summed E-state index contributed by atoms with van der Waals surface area (Å²) in [7, 11) is 0. The zero-order valence-corrected chi connectivity index (χ0v) is 14.8. The number of carbonyl (C=O) groups excluding carboxylic acids is 1. The van der Waals surface area contributed by atoms with Crippen molar-refractivity contribution in [2.24, 2.45) is 10.7 Å². The van der Waals surface area contributed by atoms with Gasteiger partial charge in [0.05, 0.1) is 24.3 Å². The van der Waals surface area contributed by atoms with Gasteiger partial charge in [0.25, 0.3) is 0 Å². The van der Waals surface area contributed by atoms with Gasteiger partial charge in [-0.2, -0.15) is 5.26 Å². The SMILES string of the molecule is Cc1cc(C#N)cnc1C(=O)Cc1cccc(C2(CF)COCC(N)=N2)n1. The summed E-state index contributed by atoms with van der Waals surface area (Å²) < 4.78 is 19.1. The summed E-state index contributed by atoms with van der Waals surface area (Å²) in [5.74, 6) is -0.0292. The highest BCUT2D eigenvalue weighted by Crippen LogP contribution is 2.28. The van der Waals surface area contributed by atoms with Crippen LogP contribution in [0.5, 0.6) is 0 Å². The van der Waals surface area contributed by atoms with Gasteiger partial charge in [0.15, 0.2) is 11.3 Å². The van der Waals surface area contributed by atoms with Gasteiger partial charge in [0.2, 0.25) is 0 Å². The van der Waals surface area contributed by atoms with Crippen molar-refractivity contribution in [3.05, 3.63) is 58.7 Å². The number of aromatic nitrogens is 2. The van der Waals surface area contributed by atoms with E-state index in [2.05, 4.69) is 15.0 Å². The molecule has 0 radical (unpaired) electrons. The first kappa shape index (κ1) is 18.6. The Balaban J connectivity index is 1.87. The Hall–Kier alpha value is -3.18. The fraction of sp³-hybridized carbons (Fsp3) is 0.316. The molecule has 1 aliphatic heterocycles. The molecule has 0 spiro atoms. The lowest BCUT2D eigenvalue weighted by molar-refractivity contribution is 0.0805. The molecule has 1 aliphatic rings. The minimum atomic E-state index is -1.29. The van der Waals surface area contributed by atoms with Crippen molar-refractivity contribution in [3.8, 4) is 6.07 Å². The van der Waals surface area contributed by atoms with Crippen molar-refractivity contribution in [2.45, 2.75) is 18.9 Å². The molecule has 0 amide bonds. The first-order valence-electron chi connectivity index (χ1n) is 8.32. The summed E-state index contributed by atoms with van der Waals surface area (Å²) in [5.41, 5.74) is 6.54. The van der Waals surface area contributed by atoms with Gasteiger partial charge < -0.3 is 10.5 Å². The maximum absolute atomic E-state index is 13.8. The zero-order chi connectivity index (χ0) is 19.4. The van der Waals surface area contributed by atoms with Gasteiger partial charge in [-0.3, -0.25) is 19.8 Å². The Morgan fingerprint density at radius 1 is 1.48 bits per heavy atom. The number of aliphatic imine (C=N–C) groups is 1. The van der Waals surface area contributed by atoms with Crippen molar-refractivity contribution in [2.75, 3.05) is 19.9 Å². The van der Waals surface area contributed by atoms with Gasteiger partial charge in [0.1, 0.15) is 30.9 Å². The van der Waals surface area contributed by atoms with Gasteiger partial charge in [-0.05, 0) is 30.7 Å². The van der Waals surface area contributed by atoms with E-state index in [9.17, 15) is 9.18 Å². The molecular weight excluding hydrogens is 349 g/mol. The van der Waals surface area contributed by atoms with E-state index in [4.69, 9.17) is 15.7 Å². The first-order valence-corrected chi connectivity index (χ1v) is 8.32. The molecule has 2 aromatic heterocycles. The lowest BCUT2D eigenvalue weighted by Crippen LogP contribution is -2.42. The summed E-state index contributed by atoms with van der Waals surface area (Å²) in [6.07, 6.45) is 1.36. The lowest BCUT2D eigenvalue weighted by atomic mass is 9.96. The van der Waals surface area contributed by atoms with Gasteiger partial charge in [-0.1, -0.05) is 6.07 Å². The number of nitrogens with zero attached hydrogens (tertiary/aromatic N) is 4. The van der Waals surface area contributed by atoms with E-state index in [0.717, 1.165) is 0 Å². The molecular formula is C19H18FN5O2. The van der Waals surface area contributed by atoms with Crippen molar-refractivity contribution < 1.29 is 13.9 Å². The number of pyridine rings is 2. The van der Waals surface area contributed by atoms with E-state index >= 15 is 0 Å². The van der Waals surface area contributed by atoms with Crippen LogP contribution in [0.2, 0.25) is 0 Å². The monoisotopic (exact) mass is 367 g/mol. The van der Waals surface area contributed by atoms with E-state index in [1.807, 2.05) is 6.07 Å². The molecule has 3 rings (SSSR count). The van der Waals surface area contributed by atoms with E-state index < -0.39 is 12.2 Å². The minimum Gasteiger partial charge on any atom is -0.385 e. The van der Waals surface area contributed by atoms with Gasteiger partial charge in [0, 0.05) is 11.9 Å². The molecule has 2 aromatic rings. The van der Waals surface area contributed by atoms with Crippen LogP contribution in [0.3, 0.4) is 0 Å². The van der Waals surface area contributed by atoms with Crippen LogP contribution in [0.1, 0.15) is 33.0 Å². The van der Waals surface area contributed by atoms with Gasteiger partial charge in [-0.25, -0.2) is 4.39 Å². The number of alkyl halides is 1. The van der Waals surface area contributed by atoms with Crippen LogP contribution in [0.4, 0.5) is 4.39 Å². The van der Waals surface area contributed by atoms with E-state index in [1.54, 1.807) is 31.2 Å². The number of nitrogens with two attached hydrogens (primary N) is 1. The highest BCUT2D eigenvalue weighted by molar-refractivity contribution is 5.96. The number of halogens is 1. The molecule has 0 fully saturated rings. The summed E-state index contributed by atoms with van der Waals surface area (Å²) >= 11 is 0. The number of ether oxygens (including phenoxy) is 1. The largest absolute Gasteiger partial charge is 0.385 e. The van der Waals surface area contributed by atoms with E-state index in [0.29, 0.717) is 22.5 Å². The van der Waals surface area contributed by atoms with Crippen LogP contribution in [0, 0.1) is 18.3 Å². The molecule has 2 N–H and O–H groups in total. The Kier molecular flexibility index (Phi) is 5.23. The molecule has 0 aromatic carbocycles. The third-order valence-corrected chi connectivity index (χ3v) is 4.27. The van der Waals surface area contributed by atoms with E-state index in [1.165, 1.54) is 6.20 Å². The second kappa shape index (κ2) is 7.60. The average Bonchev–Trinajstić information content (AvgIpc) is 2.67. The third kappa shape index (κ3) is 3.83. The number of hydrogen-bond acceptors (Lipinski definition) is 7. The summed E-state index contributed by atoms with van der Waals surface area (Å²) in [6, 6.07) is 8.62. The van der Waals surface area contributed by atoms with Crippen molar-refractivity contribution in [1.29, 1.82) is 5.26 Å². The number of Topliss-reactive ketones (excluding diaryl/α,β-unsaturated/α-hetero) is 1. The molecule has 1 unspecified atom stereocenters. The number of aryl methyl sites for hydroxylation is 1. The molecule has 0 bridgehead atoms. The van der Waals surface area contributed by atoms with Crippen LogP contribution < -0.4 is 5.73 Å². The van der Waals surface area contributed by atoms with Crippen LogP contribution in [0.15, 0.2) is 35.5 Å². The third-order valence-electron chi connectivity index (χ3n) is 4.27. The van der Waals surface area contributed by atoms with Gasteiger partial charge >= 0.3 is 0 Å². The van der Waals surface area contributed by atoms with Crippen LogP contribution >= 0.6 is 0 Å². The Bertz CT molecular complexity index is 953. The molecule has 7 nitrogen and oxygen atoms in total. The Labute approximate surface area is 155 Å². The molecule has 138 valence electrons. The fourth-order valence-corrected chi connectivity index (χ4v) is 2.95. The van der Waals surface area contributed by atoms with Crippen LogP contribution in [-0.2, 0) is 16.7 Å². The average molecular weight is 367 g/mol. The molecule has 8 heteroatoms. The number of carbonyl (C=O) groups is 1. The number of ketones is 1. The topological polar surface area (TPSA) is 114 Å². The summed E-state index contributed by atoms with van der Waals surface area (Å²) in [4.78, 5) is 25.3. The molecule has 27 heavy (non-hydrogen) atoms. The molecule has 1 atom stereocenters. The summed E-state index contributed by atoms with van der Waals surface area (Å²) in [6.45, 7) is 1.10. The maximum atomic E-state index is 13.8. The molecule has 0 saturated carbocycles. The Morgan fingerprint density at radius 3 is 2.96 bits per heavy atom. The zero-order valence-electron chi connectivity index (χ0n) is 14.8. The number of rotatable bonds is 5. The lowest BCUT2D eigenvalue weighted by Gasteiger charge is -2.30. The predicted molar refractivity (Wildman–Crippen MR) is 96.1 cm³/mol. The number of nitriles is 1. The van der Waals surface area contributed by atoms with Crippen molar-refractivity contribution in [3.63, 3.8) is 0 Å². The van der Waals surface area contributed by atoms with Crippen molar-refractivity contribution in [1.82, 2.24) is 9.97 Å². The highest BCUT2D eigenvalue weighted by atomic mass is 19.1. The fourth-order valence-electron chi connectivity index (χ4n) is 2.95. The normalized spacial score (nSPS) is 19.2. The Morgan fingerprint density at radius 2 is 2.30 bits per heavy atom. The first-order chi connectivity index (χ1) is 13.0. The second-order valence-corrected chi connectivity index (χ2v) is 6.38. The van der Waals surface area contributed by atoms with Crippen molar-refractivity contribution >= 4 is 11.6 Å². The maximum Gasteiger partial charge on any atom is 0.187 e. The number of amidine groups is 1. The minimum absolute atomic E-state index is 0.00397. The molecule has 3 heterocycles. The van der Waals surface area contributed by atoms with Gasteiger partial charge in [-0.15, -0.1) is 0 Å².